The van der Waals surface area contributed by atoms with Crippen molar-refractivity contribution in [3.63, 3.8) is 0 Å². The third kappa shape index (κ3) is 2.46. The van der Waals surface area contributed by atoms with Crippen LogP contribution in [-0.2, 0) is 13.0 Å². The highest BCUT2D eigenvalue weighted by Crippen LogP contribution is 2.31. The number of hydrogen-bond acceptors (Lipinski definition) is 4. The summed E-state index contributed by atoms with van der Waals surface area (Å²) < 4.78 is 2.32. The van der Waals surface area contributed by atoms with Crippen LogP contribution in [-0.4, -0.2) is 27.5 Å². The maximum Gasteiger partial charge on any atom is 0.171 e. The fourth-order valence-corrected chi connectivity index (χ4v) is 4.26. The summed E-state index contributed by atoms with van der Waals surface area (Å²) in [5.74, 6) is 12.9. The minimum Gasteiger partial charge on any atom is -0.346 e. The van der Waals surface area contributed by atoms with Gasteiger partial charge in [0.05, 0.1) is 5.52 Å². The molecule has 2 aromatic rings. The van der Waals surface area contributed by atoms with E-state index < -0.39 is 0 Å². The predicted octanol–water partition coefficient (Wildman–Crippen LogP) is 1.65. The minimum atomic E-state index is 0.249. The zero-order chi connectivity index (χ0) is 16.7. The van der Waals surface area contributed by atoms with Crippen LogP contribution in [0, 0.1) is 0 Å². The van der Waals surface area contributed by atoms with Crippen molar-refractivity contribution in [1.82, 2.24) is 9.58 Å². The Labute approximate surface area is 142 Å². The molecule has 6 heteroatoms. The molecule has 2 aliphatic rings. The van der Waals surface area contributed by atoms with E-state index in [0.29, 0.717) is 11.9 Å². The van der Waals surface area contributed by atoms with Crippen molar-refractivity contribution in [2.45, 2.75) is 57.2 Å². The van der Waals surface area contributed by atoms with E-state index in [0.717, 1.165) is 44.2 Å². The predicted molar refractivity (Wildman–Crippen MR) is 97.2 cm³/mol. The molecule has 1 aliphatic heterocycles. The standard InChI is InChI=1S/C18H26N6/c19-13-6-8-14(9-7-13)24(21)18(22-20)16-11-23-10-2-4-12-3-1-5-15(16)17(12)23/h1,3,5,11,13-14H,2,4,6-10,19-21H2/b22-18-. The Balaban J connectivity index is 1.72. The van der Waals surface area contributed by atoms with Crippen LogP contribution < -0.4 is 17.4 Å². The first kappa shape index (κ1) is 15.5. The number of para-hydroxylation sites is 1. The van der Waals surface area contributed by atoms with Crippen molar-refractivity contribution in [1.29, 1.82) is 0 Å². The second-order valence-corrected chi connectivity index (χ2v) is 7.08. The van der Waals surface area contributed by atoms with Crippen LogP contribution in [0.3, 0.4) is 0 Å². The Morgan fingerprint density at radius 3 is 2.75 bits per heavy atom. The Morgan fingerprint density at radius 2 is 2.00 bits per heavy atom. The van der Waals surface area contributed by atoms with Gasteiger partial charge in [-0.1, -0.05) is 18.2 Å². The molecule has 0 bridgehead atoms. The molecule has 128 valence electrons. The quantitative estimate of drug-likeness (QED) is 0.338. The number of benzene rings is 1. The van der Waals surface area contributed by atoms with E-state index in [1.54, 1.807) is 5.01 Å². The largest absolute Gasteiger partial charge is 0.346 e. The number of hydrazine groups is 1. The summed E-state index contributed by atoms with van der Waals surface area (Å²) >= 11 is 0. The van der Waals surface area contributed by atoms with E-state index in [9.17, 15) is 0 Å². The zero-order valence-electron chi connectivity index (χ0n) is 14.0. The summed E-state index contributed by atoms with van der Waals surface area (Å²) in [5.41, 5.74) is 9.76. The van der Waals surface area contributed by atoms with E-state index >= 15 is 0 Å². The van der Waals surface area contributed by atoms with Crippen molar-refractivity contribution in [3.8, 4) is 0 Å². The van der Waals surface area contributed by atoms with Crippen molar-refractivity contribution in [3.05, 3.63) is 35.5 Å². The second-order valence-electron chi connectivity index (χ2n) is 7.08. The molecular formula is C18H26N6. The first-order valence-corrected chi connectivity index (χ1v) is 8.87. The van der Waals surface area contributed by atoms with E-state index in [1.807, 2.05) is 0 Å². The van der Waals surface area contributed by atoms with Gasteiger partial charge in [-0.15, -0.1) is 0 Å². The third-order valence-corrected chi connectivity index (χ3v) is 5.57. The van der Waals surface area contributed by atoms with Crippen LogP contribution in [0.5, 0.6) is 0 Å². The number of nitrogens with two attached hydrogens (primary N) is 3. The molecular weight excluding hydrogens is 300 g/mol. The van der Waals surface area contributed by atoms with Crippen LogP contribution in [0.2, 0.25) is 0 Å². The molecule has 1 saturated carbocycles. The minimum absolute atomic E-state index is 0.249. The van der Waals surface area contributed by atoms with Crippen molar-refractivity contribution in [2.24, 2.45) is 22.5 Å². The molecule has 0 amide bonds. The molecule has 4 rings (SSSR count). The van der Waals surface area contributed by atoms with Crippen LogP contribution in [0.1, 0.15) is 43.2 Å². The maximum absolute atomic E-state index is 6.45. The second kappa shape index (κ2) is 6.11. The van der Waals surface area contributed by atoms with Gasteiger partial charge in [-0.25, -0.2) is 5.84 Å². The number of rotatable bonds is 2. The van der Waals surface area contributed by atoms with Crippen LogP contribution in [0.15, 0.2) is 29.5 Å². The molecule has 1 aromatic heterocycles. The molecule has 1 aromatic carbocycles. The van der Waals surface area contributed by atoms with Crippen molar-refractivity contribution >= 4 is 16.7 Å². The van der Waals surface area contributed by atoms with E-state index in [-0.39, 0.29) is 6.04 Å². The summed E-state index contributed by atoms with van der Waals surface area (Å²) in [6, 6.07) is 7.02. The van der Waals surface area contributed by atoms with E-state index in [2.05, 4.69) is 34.1 Å². The Morgan fingerprint density at radius 1 is 1.21 bits per heavy atom. The maximum atomic E-state index is 6.45. The molecule has 0 radical (unpaired) electrons. The van der Waals surface area contributed by atoms with Gasteiger partial charge < -0.3 is 16.1 Å². The van der Waals surface area contributed by atoms with Crippen LogP contribution in [0.4, 0.5) is 0 Å². The Hall–Kier alpha value is -2.05. The normalized spacial score (nSPS) is 24.3. The average Bonchev–Trinajstić information content (AvgIpc) is 2.97. The summed E-state index contributed by atoms with van der Waals surface area (Å²) in [6.07, 6.45) is 8.43. The Kier molecular flexibility index (Phi) is 3.94. The highest BCUT2D eigenvalue weighted by atomic mass is 15.5. The van der Waals surface area contributed by atoms with Gasteiger partial charge in [-0.3, -0.25) is 5.01 Å². The molecule has 0 saturated heterocycles. The molecule has 24 heavy (non-hydrogen) atoms. The number of hydrogen-bond donors (Lipinski definition) is 3. The first-order valence-electron chi connectivity index (χ1n) is 8.87. The molecule has 0 spiro atoms. The molecule has 1 fully saturated rings. The van der Waals surface area contributed by atoms with Crippen LogP contribution in [0.25, 0.3) is 10.9 Å². The van der Waals surface area contributed by atoms with Gasteiger partial charge in [0.15, 0.2) is 5.84 Å². The summed E-state index contributed by atoms with van der Waals surface area (Å²) in [4.78, 5) is 0. The lowest BCUT2D eigenvalue weighted by Crippen LogP contribution is -2.49. The first-order chi connectivity index (χ1) is 11.7. The number of nitrogens with zero attached hydrogens (tertiary/aromatic N) is 3. The average molecular weight is 326 g/mol. The lowest BCUT2D eigenvalue weighted by molar-refractivity contribution is 0.235. The van der Waals surface area contributed by atoms with Gasteiger partial charge in [0, 0.05) is 35.8 Å². The van der Waals surface area contributed by atoms with E-state index in [1.165, 1.54) is 22.9 Å². The van der Waals surface area contributed by atoms with Crippen molar-refractivity contribution in [2.75, 3.05) is 0 Å². The van der Waals surface area contributed by atoms with Gasteiger partial charge in [0.2, 0.25) is 0 Å². The fourth-order valence-electron chi connectivity index (χ4n) is 4.26. The molecule has 6 N–H and O–H groups in total. The smallest absolute Gasteiger partial charge is 0.171 e. The summed E-state index contributed by atoms with van der Waals surface area (Å²) in [5, 5.41) is 7.04. The molecule has 6 nitrogen and oxygen atoms in total. The molecule has 2 heterocycles. The number of aromatic nitrogens is 1. The van der Waals surface area contributed by atoms with Gasteiger partial charge in [-0.05, 0) is 44.1 Å². The third-order valence-electron chi connectivity index (χ3n) is 5.57. The van der Waals surface area contributed by atoms with Crippen LogP contribution >= 0.6 is 0 Å². The van der Waals surface area contributed by atoms with Crippen molar-refractivity contribution < 1.29 is 0 Å². The van der Waals surface area contributed by atoms with Gasteiger partial charge in [0.25, 0.3) is 0 Å². The highest BCUT2D eigenvalue weighted by Gasteiger charge is 2.28. The van der Waals surface area contributed by atoms with E-state index in [4.69, 9.17) is 17.4 Å². The Bertz CT molecular complexity index is 769. The fraction of sp³-hybridized carbons (Fsp3) is 0.500. The lowest BCUT2D eigenvalue weighted by Gasteiger charge is -2.34. The molecule has 1 aliphatic carbocycles. The number of amidine groups is 1. The lowest BCUT2D eigenvalue weighted by atomic mass is 9.91. The summed E-state index contributed by atoms with van der Waals surface area (Å²) in [7, 11) is 0. The zero-order valence-corrected chi connectivity index (χ0v) is 14.0. The monoisotopic (exact) mass is 326 g/mol. The molecule has 0 unspecified atom stereocenters. The number of aryl methyl sites for hydroxylation is 2. The topological polar surface area (TPSA) is 98.6 Å². The summed E-state index contributed by atoms with van der Waals surface area (Å²) in [6.45, 7) is 1.04. The van der Waals surface area contributed by atoms with Gasteiger partial charge >= 0.3 is 0 Å². The van der Waals surface area contributed by atoms with Gasteiger partial charge in [-0.2, -0.15) is 5.10 Å². The van der Waals surface area contributed by atoms with Gasteiger partial charge in [0.1, 0.15) is 0 Å². The highest BCUT2D eigenvalue weighted by molar-refractivity contribution is 6.10. The number of hydrazone groups is 1. The molecule has 0 atom stereocenters. The SMILES string of the molecule is N/N=C(/c1cn2c3c(cccc13)CCC2)N(N)C1CCC(N)CC1.